The number of carbonyl (C=O) groups is 1. The zero-order chi connectivity index (χ0) is 26.8. The van der Waals surface area contributed by atoms with Crippen LogP contribution in [-0.2, 0) is 6.61 Å². The van der Waals surface area contributed by atoms with E-state index in [4.69, 9.17) is 49.3 Å². The summed E-state index contributed by atoms with van der Waals surface area (Å²) < 4.78 is 11.7. The molecule has 1 aromatic heterocycles. The molecule has 1 aliphatic carbocycles. The number of halogens is 3. The van der Waals surface area contributed by atoms with Gasteiger partial charge in [0.05, 0.1) is 37.8 Å². The van der Waals surface area contributed by atoms with Gasteiger partial charge in [-0.15, -0.1) is 0 Å². The molecule has 38 heavy (non-hydrogen) atoms. The summed E-state index contributed by atoms with van der Waals surface area (Å²) in [6.07, 6.45) is 2.03. The monoisotopic (exact) mass is 562 g/mol. The predicted molar refractivity (Wildman–Crippen MR) is 144 cm³/mol. The fourth-order valence-corrected chi connectivity index (χ4v) is 4.71. The molecule has 4 aromatic rings. The lowest BCUT2D eigenvalue weighted by Gasteiger charge is -2.10. The van der Waals surface area contributed by atoms with E-state index in [-0.39, 0.29) is 17.7 Å². The average molecular weight is 564 g/mol. The molecule has 5 rings (SSSR count). The Morgan fingerprint density at radius 3 is 2.42 bits per heavy atom. The zero-order valence-corrected chi connectivity index (χ0v) is 21.9. The number of hydrogen-bond acceptors (Lipinski definition) is 5. The summed E-state index contributed by atoms with van der Waals surface area (Å²) in [4.78, 5) is 11.3. The normalized spacial score (nSPS) is 12.4. The molecule has 0 saturated heterocycles. The van der Waals surface area contributed by atoms with Crippen LogP contribution in [0.2, 0.25) is 15.1 Å². The first-order chi connectivity index (χ1) is 18.3. The molecule has 3 aromatic carbocycles. The Balaban J connectivity index is 1.38. The Hall–Kier alpha value is -3.94. The van der Waals surface area contributed by atoms with Crippen molar-refractivity contribution in [3.63, 3.8) is 0 Å². The van der Waals surface area contributed by atoms with Crippen LogP contribution in [0.4, 0.5) is 0 Å². The van der Waals surface area contributed by atoms with Gasteiger partial charge in [-0.1, -0.05) is 57.9 Å². The molecule has 0 bridgehead atoms. The number of nitrogens with zero attached hydrogens (tertiary/aromatic N) is 2. The molecule has 1 saturated carbocycles. The highest BCUT2D eigenvalue weighted by Crippen LogP contribution is 2.46. The minimum absolute atomic E-state index is 0.0139. The van der Waals surface area contributed by atoms with Crippen LogP contribution in [-0.4, -0.2) is 16.2 Å². The number of nitriles is 1. The smallest absolute Gasteiger partial charge is 0.335 e. The van der Waals surface area contributed by atoms with Crippen molar-refractivity contribution in [3.8, 4) is 34.9 Å². The van der Waals surface area contributed by atoms with Gasteiger partial charge < -0.3 is 14.4 Å². The molecule has 188 valence electrons. The molecule has 0 atom stereocenters. The van der Waals surface area contributed by atoms with Crippen LogP contribution in [0.3, 0.4) is 0 Å². The zero-order valence-electron chi connectivity index (χ0n) is 19.6. The first-order valence-electron chi connectivity index (χ1n) is 11.5. The fraction of sp³-hybridized carbons (Fsp3) is 0.138. The third-order valence-corrected chi connectivity index (χ3v) is 6.88. The van der Waals surface area contributed by atoms with Gasteiger partial charge in [-0.05, 0) is 55.3 Å². The Labute approximate surface area is 233 Å². The van der Waals surface area contributed by atoms with Gasteiger partial charge >= 0.3 is 5.97 Å². The van der Waals surface area contributed by atoms with Gasteiger partial charge in [0.25, 0.3) is 0 Å². The second-order valence-electron chi connectivity index (χ2n) is 8.64. The summed E-state index contributed by atoms with van der Waals surface area (Å²) >= 11 is 19.3. The summed E-state index contributed by atoms with van der Waals surface area (Å²) in [6, 6.07) is 16.5. The molecule has 1 N–H and O–H groups in total. The Morgan fingerprint density at radius 1 is 1.03 bits per heavy atom. The van der Waals surface area contributed by atoms with Gasteiger partial charge in [0.1, 0.15) is 23.8 Å². The quantitative estimate of drug-likeness (QED) is 0.241. The summed E-state index contributed by atoms with van der Waals surface area (Å²) in [5, 5.41) is 24.0. The van der Waals surface area contributed by atoms with Crippen molar-refractivity contribution in [2.75, 3.05) is 0 Å². The van der Waals surface area contributed by atoms with Crippen LogP contribution < -0.4 is 4.74 Å². The first kappa shape index (κ1) is 25.7. The highest BCUT2D eigenvalue weighted by Gasteiger charge is 2.33. The van der Waals surface area contributed by atoms with E-state index in [1.165, 1.54) is 18.2 Å². The molecule has 6 nitrogen and oxygen atoms in total. The summed E-state index contributed by atoms with van der Waals surface area (Å²) in [5.41, 5.74) is 3.04. The summed E-state index contributed by atoms with van der Waals surface area (Å²) in [5.74, 6) is 6.23. The molecular formula is C29H17Cl3N2O4. The van der Waals surface area contributed by atoms with Gasteiger partial charge in [-0.3, -0.25) is 0 Å². The maximum atomic E-state index is 11.3. The van der Waals surface area contributed by atoms with Crippen LogP contribution >= 0.6 is 34.8 Å². The number of carboxylic acids is 1. The molecular weight excluding hydrogens is 547 g/mol. The lowest BCUT2D eigenvalue weighted by molar-refractivity contribution is 0.0696. The van der Waals surface area contributed by atoms with E-state index in [1.54, 1.807) is 36.4 Å². The number of aromatic carboxylic acids is 1. The average Bonchev–Trinajstić information content (AvgIpc) is 3.66. The lowest BCUT2D eigenvalue weighted by atomic mass is 10.0. The largest absolute Gasteiger partial charge is 0.489 e. The van der Waals surface area contributed by atoms with E-state index >= 15 is 0 Å². The Morgan fingerprint density at radius 2 is 1.76 bits per heavy atom. The minimum atomic E-state index is -1.14. The molecule has 0 spiro atoms. The van der Waals surface area contributed by atoms with Gasteiger partial charge in [-0.25, -0.2) is 4.79 Å². The van der Waals surface area contributed by atoms with Crippen LogP contribution in [0.5, 0.6) is 5.75 Å². The third kappa shape index (κ3) is 5.49. The molecule has 0 unspecified atom stereocenters. The lowest BCUT2D eigenvalue weighted by Crippen LogP contribution is -2.00. The number of benzene rings is 3. The second kappa shape index (κ2) is 10.8. The van der Waals surface area contributed by atoms with Crippen LogP contribution in [0.1, 0.15) is 57.1 Å². The van der Waals surface area contributed by atoms with E-state index < -0.39 is 5.97 Å². The van der Waals surface area contributed by atoms with Crippen molar-refractivity contribution < 1.29 is 19.2 Å². The summed E-state index contributed by atoms with van der Waals surface area (Å²) in [7, 11) is 0. The van der Waals surface area contributed by atoms with E-state index in [1.807, 2.05) is 6.07 Å². The SMILES string of the molecule is N#Cc1cc(C#Cc2ccc(OCc3c(-c4c(Cl)cccc4Cl)noc3C3CC3)cc2Cl)cc(C(=O)O)c1. The molecule has 9 heteroatoms. The van der Waals surface area contributed by atoms with E-state index in [2.05, 4.69) is 17.0 Å². The van der Waals surface area contributed by atoms with Gasteiger partial charge in [0.2, 0.25) is 0 Å². The van der Waals surface area contributed by atoms with Crippen molar-refractivity contribution in [2.24, 2.45) is 0 Å². The topological polar surface area (TPSA) is 96.4 Å². The minimum Gasteiger partial charge on any atom is -0.489 e. The van der Waals surface area contributed by atoms with Crippen LogP contribution in [0, 0.1) is 23.2 Å². The van der Waals surface area contributed by atoms with Crippen molar-refractivity contribution in [1.29, 1.82) is 5.26 Å². The Kier molecular flexibility index (Phi) is 7.31. The highest BCUT2D eigenvalue weighted by molar-refractivity contribution is 6.39. The van der Waals surface area contributed by atoms with Crippen molar-refractivity contribution in [2.45, 2.75) is 25.4 Å². The Bertz CT molecular complexity index is 1650. The maximum Gasteiger partial charge on any atom is 0.335 e. The van der Waals surface area contributed by atoms with Crippen LogP contribution in [0.25, 0.3) is 11.3 Å². The van der Waals surface area contributed by atoms with Gasteiger partial charge in [0.15, 0.2) is 0 Å². The number of rotatable bonds is 6. The molecule has 1 heterocycles. The molecule has 0 aliphatic heterocycles. The van der Waals surface area contributed by atoms with Gasteiger partial charge in [0, 0.05) is 28.7 Å². The fourth-order valence-electron chi connectivity index (χ4n) is 3.92. The predicted octanol–water partition coefficient (Wildman–Crippen LogP) is 7.73. The highest BCUT2D eigenvalue weighted by atomic mass is 35.5. The third-order valence-electron chi connectivity index (χ3n) is 5.94. The standard InChI is InChI=1S/C29H17Cl3N2O4/c30-23-2-1-3-24(31)26(23)27-22(28(38-34-27)19-6-7-19)15-37-21-9-8-18(25(32)13-21)5-4-16-10-17(14-33)12-20(11-16)29(35)36/h1-3,8-13,19H,6-7,15H2,(H,35,36). The number of hydrogen-bond donors (Lipinski definition) is 1. The maximum absolute atomic E-state index is 11.3. The van der Waals surface area contributed by atoms with E-state index in [0.29, 0.717) is 49.1 Å². The van der Waals surface area contributed by atoms with Gasteiger partial charge in [-0.2, -0.15) is 5.26 Å². The number of carboxylic acid groups (broad SMARTS) is 1. The first-order valence-corrected chi connectivity index (χ1v) is 12.6. The second-order valence-corrected chi connectivity index (χ2v) is 9.86. The molecule has 0 radical (unpaired) electrons. The summed E-state index contributed by atoms with van der Waals surface area (Å²) in [6.45, 7) is 0.173. The number of ether oxygens (including phenoxy) is 1. The van der Waals surface area contributed by atoms with Crippen molar-refractivity contribution >= 4 is 40.8 Å². The van der Waals surface area contributed by atoms with Crippen LogP contribution in [0.15, 0.2) is 59.1 Å². The van der Waals surface area contributed by atoms with Crippen molar-refractivity contribution in [3.05, 3.63) is 103 Å². The van der Waals surface area contributed by atoms with E-state index in [9.17, 15) is 9.90 Å². The molecule has 1 fully saturated rings. The molecule has 0 amide bonds. The van der Waals surface area contributed by atoms with Crippen molar-refractivity contribution in [1.82, 2.24) is 5.16 Å². The van der Waals surface area contributed by atoms with E-state index in [0.717, 1.165) is 24.2 Å². The molecule has 1 aliphatic rings. The number of aromatic nitrogens is 1.